The Morgan fingerprint density at radius 2 is 2.11 bits per heavy atom. The lowest BCUT2D eigenvalue weighted by atomic mass is 9.57. The molecule has 13 nitrogen and oxygen atoms in total. The highest BCUT2D eigenvalue weighted by molar-refractivity contribution is 6.10. The monoisotopic (exact) mass is 502 g/mol. The van der Waals surface area contributed by atoms with E-state index in [-0.39, 0.29) is 54.7 Å². The number of anilines is 2. The van der Waals surface area contributed by atoms with Crippen molar-refractivity contribution in [1.29, 1.82) is 0 Å². The van der Waals surface area contributed by atoms with Crippen LogP contribution in [-0.2, 0) is 15.9 Å². The largest absolute Gasteiger partial charge is 0.441 e. The predicted molar refractivity (Wildman–Crippen MR) is 120 cm³/mol. The SMILES string of the molecule is C[C@@H]1CN2c3c(cc4c(N5C[C@H](CO)OC5=O)noc4c3F)CC34C(=N[C@]23[C@H](C)O1)NC(=O)NC4O. The normalized spacial score (nSPS) is 36.6. The summed E-state index contributed by atoms with van der Waals surface area (Å²) in [5.74, 6) is -0.294. The van der Waals surface area contributed by atoms with E-state index < -0.39 is 47.5 Å². The highest BCUT2D eigenvalue weighted by atomic mass is 19.1. The van der Waals surface area contributed by atoms with Crippen LogP contribution in [0.2, 0.25) is 0 Å². The summed E-state index contributed by atoms with van der Waals surface area (Å²) in [6, 6.07) is 1.10. The summed E-state index contributed by atoms with van der Waals surface area (Å²) in [6.07, 6.45) is -3.46. The average molecular weight is 502 g/mol. The highest BCUT2D eigenvalue weighted by Crippen LogP contribution is 2.61. The quantitative estimate of drug-likeness (QED) is 0.449. The van der Waals surface area contributed by atoms with E-state index in [0.29, 0.717) is 11.4 Å². The van der Waals surface area contributed by atoms with E-state index in [1.54, 1.807) is 11.0 Å². The number of morpholine rings is 1. The number of aliphatic imine (C=N–C) groups is 1. The Bertz CT molecular complexity index is 1380. The van der Waals surface area contributed by atoms with Crippen molar-refractivity contribution in [2.24, 2.45) is 10.4 Å². The molecule has 0 aliphatic carbocycles. The average Bonchev–Trinajstić information content (AvgIpc) is 3.39. The number of aliphatic hydroxyl groups excluding tert-OH is 2. The molecule has 2 unspecified atom stereocenters. The fourth-order valence-corrected chi connectivity index (χ4v) is 6.56. The number of aromatic nitrogens is 1. The number of nitrogens with one attached hydrogen (secondary N) is 2. The maximum absolute atomic E-state index is 16.2. The first-order valence-corrected chi connectivity index (χ1v) is 11.7. The minimum absolute atomic E-state index is 0.0344. The number of rotatable bonds is 2. The van der Waals surface area contributed by atoms with E-state index in [1.807, 2.05) is 13.8 Å². The number of urea groups is 1. The van der Waals surface area contributed by atoms with Crippen LogP contribution in [0.3, 0.4) is 0 Å². The first-order chi connectivity index (χ1) is 17.2. The summed E-state index contributed by atoms with van der Waals surface area (Å²) in [5, 5.41) is 30.0. The maximum Gasteiger partial charge on any atom is 0.416 e. The minimum Gasteiger partial charge on any atom is -0.441 e. The van der Waals surface area contributed by atoms with Gasteiger partial charge < -0.3 is 34.4 Å². The third-order valence-electron chi connectivity index (χ3n) is 7.99. The van der Waals surface area contributed by atoms with Gasteiger partial charge in [-0.1, -0.05) is 5.16 Å². The molecule has 2 aromatic rings. The van der Waals surface area contributed by atoms with Crippen LogP contribution in [0.4, 0.5) is 25.5 Å². The molecule has 0 saturated carbocycles. The van der Waals surface area contributed by atoms with Crippen molar-refractivity contribution in [2.75, 3.05) is 29.5 Å². The summed E-state index contributed by atoms with van der Waals surface area (Å²) in [5.41, 5.74) is -1.66. The van der Waals surface area contributed by atoms with Crippen LogP contribution >= 0.6 is 0 Å². The van der Waals surface area contributed by atoms with Crippen molar-refractivity contribution < 1.29 is 38.2 Å². The lowest BCUT2D eigenvalue weighted by Crippen LogP contribution is -2.87. The molecule has 1 aromatic heterocycles. The second-order valence-electron chi connectivity index (χ2n) is 9.92. The first kappa shape index (κ1) is 21.8. The molecule has 2 spiro atoms. The van der Waals surface area contributed by atoms with E-state index in [0.717, 1.165) is 0 Å². The Morgan fingerprint density at radius 1 is 1.31 bits per heavy atom. The molecule has 5 aliphatic heterocycles. The van der Waals surface area contributed by atoms with Crippen molar-refractivity contribution >= 4 is 40.4 Å². The van der Waals surface area contributed by atoms with Crippen molar-refractivity contribution in [2.45, 2.75) is 50.5 Å². The Hall–Kier alpha value is -3.49. The number of amidine groups is 1. The van der Waals surface area contributed by atoms with Gasteiger partial charge >= 0.3 is 12.1 Å². The number of ether oxygens (including phenoxy) is 2. The number of hydrogen-bond donors (Lipinski definition) is 4. The van der Waals surface area contributed by atoms with Crippen LogP contribution in [0.1, 0.15) is 19.4 Å². The Balaban J connectivity index is 1.43. The Morgan fingerprint density at radius 3 is 2.83 bits per heavy atom. The molecular formula is C22H23FN6O7. The van der Waals surface area contributed by atoms with Gasteiger partial charge in [-0.3, -0.25) is 10.2 Å². The summed E-state index contributed by atoms with van der Waals surface area (Å²) in [6.45, 7) is 3.63. The molecule has 0 bridgehead atoms. The molecule has 1 aromatic carbocycles. The molecule has 5 aliphatic rings. The van der Waals surface area contributed by atoms with Crippen molar-refractivity contribution in [3.63, 3.8) is 0 Å². The molecular weight excluding hydrogens is 479 g/mol. The first-order valence-electron chi connectivity index (χ1n) is 11.7. The molecule has 36 heavy (non-hydrogen) atoms. The number of benzene rings is 1. The van der Waals surface area contributed by atoms with Gasteiger partial charge in [-0.25, -0.2) is 19.0 Å². The fourth-order valence-electron chi connectivity index (χ4n) is 6.56. The van der Waals surface area contributed by atoms with E-state index in [4.69, 9.17) is 19.0 Å². The summed E-state index contributed by atoms with van der Waals surface area (Å²) < 4.78 is 32.8. The molecule has 4 N–H and O–H groups in total. The van der Waals surface area contributed by atoms with Crippen LogP contribution in [0, 0.1) is 11.2 Å². The third kappa shape index (κ3) is 2.34. The number of halogens is 1. The molecule has 6 heterocycles. The number of carbonyl (C=O) groups excluding carboxylic acids is 2. The molecule has 7 rings (SSSR count). The van der Waals surface area contributed by atoms with Gasteiger partial charge in [-0.05, 0) is 31.9 Å². The van der Waals surface area contributed by atoms with Gasteiger partial charge in [0.25, 0.3) is 0 Å². The number of cyclic esters (lactones) is 1. The summed E-state index contributed by atoms with van der Waals surface area (Å²) in [7, 11) is 0. The predicted octanol–water partition coefficient (Wildman–Crippen LogP) is 0.180. The Kier molecular flexibility index (Phi) is 4.13. The van der Waals surface area contributed by atoms with Crippen molar-refractivity contribution in [3.05, 3.63) is 17.4 Å². The van der Waals surface area contributed by atoms with Crippen LogP contribution in [0.25, 0.3) is 11.0 Å². The number of fused-ring (bicyclic) bond motifs is 3. The molecule has 0 radical (unpaired) electrons. The van der Waals surface area contributed by atoms with Gasteiger partial charge in [-0.15, -0.1) is 0 Å². The van der Waals surface area contributed by atoms with Crippen LogP contribution < -0.4 is 20.4 Å². The number of aliphatic hydroxyl groups is 2. The lowest BCUT2D eigenvalue weighted by molar-refractivity contribution is -0.142. The highest BCUT2D eigenvalue weighted by Gasteiger charge is 2.76. The lowest BCUT2D eigenvalue weighted by Gasteiger charge is -2.69. The second-order valence-corrected chi connectivity index (χ2v) is 9.92. The van der Waals surface area contributed by atoms with Crippen molar-refractivity contribution in [1.82, 2.24) is 15.8 Å². The van der Waals surface area contributed by atoms with Gasteiger partial charge in [0, 0.05) is 6.54 Å². The molecule has 6 atom stereocenters. The minimum atomic E-state index is -1.31. The van der Waals surface area contributed by atoms with E-state index in [9.17, 15) is 19.8 Å². The van der Waals surface area contributed by atoms with Gasteiger partial charge in [0.2, 0.25) is 5.58 Å². The van der Waals surface area contributed by atoms with Gasteiger partial charge in [0.1, 0.15) is 23.6 Å². The van der Waals surface area contributed by atoms with Crippen LogP contribution in [0.15, 0.2) is 15.6 Å². The van der Waals surface area contributed by atoms with E-state index >= 15 is 4.39 Å². The van der Waals surface area contributed by atoms with Gasteiger partial charge in [0.05, 0.1) is 36.4 Å². The van der Waals surface area contributed by atoms with Crippen molar-refractivity contribution in [3.8, 4) is 0 Å². The van der Waals surface area contributed by atoms with Gasteiger partial charge in [-0.2, -0.15) is 0 Å². The molecule has 14 heteroatoms. The van der Waals surface area contributed by atoms with Gasteiger partial charge in [0.15, 0.2) is 17.3 Å². The molecule has 190 valence electrons. The number of hydrogen-bond acceptors (Lipinski definition) is 10. The second kappa shape index (κ2) is 6.83. The number of nitrogens with zero attached hydrogens (tertiary/aromatic N) is 4. The number of amides is 3. The summed E-state index contributed by atoms with van der Waals surface area (Å²) in [4.78, 5) is 32.2. The molecule has 3 fully saturated rings. The number of carbonyl (C=O) groups is 2. The van der Waals surface area contributed by atoms with E-state index in [2.05, 4.69) is 15.8 Å². The smallest absolute Gasteiger partial charge is 0.416 e. The maximum atomic E-state index is 16.2. The van der Waals surface area contributed by atoms with Crippen LogP contribution in [-0.4, -0.2) is 83.2 Å². The topological polar surface area (TPSA) is 162 Å². The molecule has 3 saturated heterocycles. The third-order valence-corrected chi connectivity index (χ3v) is 7.99. The zero-order chi connectivity index (χ0) is 25.1. The van der Waals surface area contributed by atoms with Crippen LogP contribution in [0.5, 0.6) is 0 Å². The zero-order valence-corrected chi connectivity index (χ0v) is 19.3. The molecule has 3 amide bonds. The zero-order valence-electron chi connectivity index (χ0n) is 19.3. The summed E-state index contributed by atoms with van der Waals surface area (Å²) >= 11 is 0. The Labute approximate surface area is 202 Å². The standard InChI is InChI=1S/C22H23FN6O7/c1-8-5-29-14-10(4-21-17(24-19(32)25-18(21)31)26-22(21,29)9(2)34-8)3-12-15(13(14)23)36-27-16(12)28-6-11(7-30)35-20(28)33/h3,8-9,11,18,30-31H,4-7H2,1-2H3,(H2,24,25,26,32)/t8-,9+,11-,18?,21?,22-/m1/s1. The fraction of sp³-hybridized carbons (Fsp3) is 0.545. The van der Waals surface area contributed by atoms with E-state index in [1.165, 1.54) is 4.90 Å².